The van der Waals surface area contributed by atoms with Crippen LogP contribution in [0.25, 0.3) is 11.3 Å². The molecule has 0 aliphatic heterocycles. The normalized spacial score (nSPS) is 10.2. The van der Waals surface area contributed by atoms with Gasteiger partial charge in [0.25, 0.3) is 0 Å². The lowest BCUT2D eigenvalue weighted by Gasteiger charge is -2.04. The van der Waals surface area contributed by atoms with Crippen molar-refractivity contribution in [1.29, 1.82) is 0 Å². The molecule has 0 bridgehead atoms. The minimum Gasteiger partial charge on any atom is -0.475 e. The van der Waals surface area contributed by atoms with Crippen molar-refractivity contribution in [3.8, 4) is 11.3 Å². The van der Waals surface area contributed by atoms with E-state index >= 15 is 0 Å². The minimum absolute atomic E-state index is 0.264. The van der Waals surface area contributed by atoms with Crippen molar-refractivity contribution in [3.63, 3.8) is 0 Å². The molecule has 1 aromatic heterocycles. The molecule has 1 aromatic carbocycles. The van der Waals surface area contributed by atoms with Crippen LogP contribution in [0.15, 0.2) is 30.3 Å². The Balaban J connectivity index is 2.60. The summed E-state index contributed by atoms with van der Waals surface area (Å²) in [7, 11) is 0. The van der Waals surface area contributed by atoms with Gasteiger partial charge in [0.15, 0.2) is 0 Å². The van der Waals surface area contributed by atoms with Gasteiger partial charge in [0.1, 0.15) is 5.82 Å². The van der Waals surface area contributed by atoms with Gasteiger partial charge in [0.2, 0.25) is 5.82 Å². The average molecular weight is 232 g/mol. The first-order chi connectivity index (χ1) is 8.08. The molecule has 1 N–H and O–H groups in total. The van der Waals surface area contributed by atoms with E-state index in [1.807, 2.05) is 0 Å². The third-order valence-corrected chi connectivity index (χ3v) is 2.20. The predicted molar refractivity (Wildman–Crippen MR) is 59.1 cm³/mol. The Morgan fingerprint density at radius 2 is 2.00 bits per heavy atom. The van der Waals surface area contributed by atoms with E-state index in [0.29, 0.717) is 5.69 Å². The molecule has 2 rings (SSSR count). The van der Waals surface area contributed by atoms with Crippen LogP contribution in [0.1, 0.15) is 16.3 Å². The van der Waals surface area contributed by atoms with Gasteiger partial charge < -0.3 is 5.11 Å². The third kappa shape index (κ3) is 2.28. The summed E-state index contributed by atoms with van der Waals surface area (Å²) in [6.45, 7) is 1.64. The smallest absolute Gasteiger partial charge is 0.373 e. The van der Waals surface area contributed by atoms with Gasteiger partial charge in [-0.1, -0.05) is 12.1 Å². The number of hydrogen-bond donors (Lipinski definition) is 1. The summed E-state index contributed by atoms with van der Waals surface area (Å²) < 4.78 is 13.5. The zero-order valence-electron chi connectivity index (χ0n) is 9.01. The first kappa shape index (κ1) is 11.2. The maximum atomic E-state index is 13.5. The second kappa shape index (κ2) is 4.29. The molecule has 2 aromatic rings. The first-order valence-corrected chi connectivity index (χ1v) is 4.92. The summed E-state index contributed by atoms with van der Waals surface area (Å²) in [5, 5.41) is 8.83. The van der Waals surface area contributed by atoms with Gasteiger partial charge in [-0.05, 0) is 25.1 Å². The number of carboxylic acids is 1. The predicted octanol–water partition coefficient (Wildman–Crippen LogP) is 2.29. The largest absolute Gasteiger partial charge is 0.475 e. The summed E-state index contributed by atoms with van der Waals surface area (Å²) in [5.41, 5.74) is 1.02. The van der Waals surface area contributed by atoms with E-state index in [1.54, 1.807) is 31.2 Å². The number of carbonyl (C=O) groups is 1. The molecule has 0 saturated carbocycles. The van der Waals surface area contributed by atoms with E-state index < -0.39 is 11.8 Å². The monoisotopic (exact) mass is 232 g/mol. The topological polar surface area (TPSA) is 63.1 Å². The first-order valence-electron chi connectivity index (χ1n) is 4.92. The van der Waals surface area contributed by atoms with E-state index in [4.69, 9.17) is 5.11 Å². The number of halogens is 1. The molecule has 0 unspecified atom stereocenters. The average Bonchev–Trinajstić information content (AvgIpc) is 2.28. The van der Waals surface area contributed by atoms with Crippen molar-refractivity contribution in [1.82, 2.24) is 9.97 Å². The Morgan fingerprint density at radius 1 is 1.29 bits per heavy atom. The molecule has 0 radical (unpaired) electrons. The summed E-state index contributed by atoms with van der Waals surface area (Å²) >= 11 is 0. The van der Waals surface area contributed by atoms with Crippen molar-refractivity contribution in [2.75, 3.05) is 0 Å². The standard InChI is InChI=1S/C12H9FN2O2/c1-7-6-10(15-11(14-7)12(16)17)8-4-2-3-5-9(8)13/h2-6H,1H3,(H,16,17). The van der Waals surface area contributed by atoms with E-state index in [1.165, 1.54) is 6.07 Å². The van der Waals surface area contributed by atoms with Gasteiger partial charge in [-0.25, -0.2) is 19.2 Å². The summed E-state index contributed by atoms with van der Waals surface area (Å²) in [6.07, 6.45) is 0. The Morgan fingerprint density at radius 3 is 2.65 bits per heavy atom. The summed E-state index contributed by atoms with van der Waals surface area (Å²) in [6, 6.07) is 7.61. The van der Waals surface area contributed by atoms with Gasteiger partial charge >= 0.3 is 5.97 Å². The number of aromatic carboxylic acids is 1. The second-order valence-corrected chi connectivity index (χ2v) is 3.50. The number of aromatic nitrogens is 2. The maximum Gasteiger partial charge on any atom is 0.373 e. The number of carboxylic acid groups (broad SMARTS) is 1. The molecule has 0 saturated heterocycles. The minimum atomic E-state index is -1.23. The van der Waals surface area contributed by atoms with Crippen LogP contribution < -0.4 is 0 Å². The number of nitrogens with zero attached hydrogens (tertiary/aromatic N) is 2. The zero-order valence-corrected chi connectivity index (χ0v) is 9.01. The molecule has 0 atom stereocenters. The second-order valence-electron chi connectivity index (χ2n) is 3.50. The molecule has 0 fully saturated rings. The Labute approximate surface area is 96.8 Å². The Hall–Kier alpha value is -2.30. The fourth-order valence-corrected chi connectivity index (χ4v) is 1.47. The van der Waals surface area contributed by atoms with Gasteiger partial charge in [-0.15, -0.1) is 0 Å². The highest BCUT2D eigenvalue weighted by Crippen LogP contribution is 2.20. The van der Waals surface area contributed by atoms with Crippen LogP contribution in [0.2, 0.25) is 0 Å². The molecule has 1 heterocycles. The lowest BCUT2D eigenvalue weighted by Crippen LogP contribution is -2.06. The molecule has 86 valence electrons. The highest BCUT2D eigenvalue weighted by molar-refractivity contribution is 5.84. The van der Waals surface area contributed by atoms with Crippen molar-refractivity contribution in [3.05, 3.63) is 47.7 Å². The number of rotatable bonds is 2. The molecule has 0 aliphatic rings. The van der Waals surface area contributed by atoms with Crippen LogP contribution >= 0.6 is 0 Å². The molecular weight excluding hydrogens is 223 g/mol. The summed E-state index contributed by atoms with van der Waals surface area (Å²) in [5.74, 6) is -2.00. The van der Waals surface area contributed by atoms with E-state index in [9.17, 15) is 9.18 Å². The van der Waals surface area contributed by atoms with Gasteiger partial charge in [-0.3, -0.25) is 0 Å². The van der Waals surface area contributed by atoms with Crippen LogP contribution in [0, 0.1) is 12.7 Å². The van der Waals surface area contributed by atoms with Gasteiger partial charge in [-0.2, -0.15) is 0 Å². The van der Waals surface area contributed by atoms with Crippen LogP contribution in [-0.2, 0) is 0 Å². The number of hydrogen-bond acceptors (Lipinski definition) is 3. The molecule has 5 heteroatoms. The molecule has 0 amide bonds. The van der Waals surface area contributed by atoms with E-state index in [2.05, 4.69) is 9.97 Å². The lowest BCUT2D eigenvalue weighted by atomic mass is 10.1. The van der Waals surface area contributed by atoms with Crippen LogP contribution in [-0.4, -0.2) is 21.0 Å². The van der Waals surface area contributed by atoms with Crippen LogP contribution in [0.4, 0.5) is 4.39 Å². The van der Waals surface area contributed by atoms with Crippen molar-refractivity contribution < 1.29 is 14.3 Å². The zero-order chi connectivity index (χ0) is 12.4. The molecule has 17 heavy (non-hydrogen) atoms. The molecular formula is C12H9FN2O2. The van der Waals surface area contributed by atoms with Gasteiger partial charge in [0.05, 0.1) is 5.69 Å². The van der Waals surface area contributed by atoms with Gasteiger partial charge in [0, 0.05) is 11.3 Å². The van der Waals surface area contributed by atoms with Crippen LogP contribution in [0.5, 0.6) is 0 Å². The lowest BCUT2D eigenvalue weighted by molar-refractivity contribution is 0.0683. The van der Waals surface area contributed by atoms with Crippen LogP contribution in [0.3, 0.4) is 0 Å². The third-order valence-electron chi connectivity index (χ3n) is 2.20. The SMILES string of the molecule is Cc1cc(-c2ccccc2F)nc(C(=O)O)n1. The van der Waals surface area contributed by atoms with E-state index in [-0.39, 0.29) is 17.1 Å². The number of benzene rings is 1. The highest BCUT2D eigenvalue weighted by Gasteiger charge is 2.12. The quantitative estimate of drug-likeness (QED) is 0.862. The Kier molecular flexibility index (Phi) is 2.82. The molecule has 0 aliphatic carbocycles. The van der Waals surface area contributed by atoms with Crippen molar-refractivity contribution >= 4 is 5.97 Å². The van der Waals surface area contributed by atoms with E-state index in [0.717, 1.165) is 0 Å². The van der Waals surface area contributed by atoms with Crippen molar-refractivity contribution in [2.45, 2.75) is 6.92 Å². The van der Waals surface area contributed by atoms with Crippen molar-refractivity contribution in [2.24, 2.45) is 0 Å². The fourth-order valence-electron chi connectivity index (χ4n) is 1.47. The summed E-state index contributed by atoms with van der Waals surface area (Å²) in [4.78, 5) is 18.4. The highest BCUT2D eigenvalue weighted by atomic mass is 19.1. The molecule has 4 nitrogen and oxygen atoms in total. The number of aryl methyl sites for hydroxylation is 1. The molecule has 0 spiro atoms. The Bertz CT molecular complexity index is 584. The fraction of sp³-hybridized carbons (Fsp3) is 0.0833. The maximum absolute atomic E-state index is 13.5.